The van der Waals surface area contributed by atoms with Gasteiger partial charge in [-0.25, -0.2) is 0 Å². The molecular weight excluding hydrogens is 464 g/mol. The molecule has 7 rings (SSSR count). The zero-order valence-electron chi connectivity index (χ0n) is 20.7. The van der Waals surface area contributed by atoms with Crippen LogP contribution in [0.4, 0.5) is 11.4 Å². The van der Waals surface area contributed by atoms with Gasteiger partial charge in [-0.15, -0.1) is 0 Å². The highest BCUT2D eigenvalue weighted by Crippen LogP contribution is 2.32. The van der Waals surface area contributed by atoms with E-state index < -0.39 is 0 Å². The first kappa shape index (κ1) is 22.0. The van der Waals surface area contributed by atoms with Crippen molar-refractivity contribution in [2.24, 2.45) is 0 Å². The van der Waals surface area contributed by atoms with Crippen LogP contribution in [0.25, 0.3) is 66.6 Å². The smallest absolute Gasteiger partial charge is 0.0465 e. The summed E-state index contributed by atoms with van der Waals surface area (Å²) in [6.07, 6.45) is 0. The summed E-state index contributed by atoms with van der Waals surface area (Å²) in [5, 5.41) is 2.38. The van der Waals surface area contributed by atoms with Crippen LogP contribution < -0.4 is 11.5 Å². The van der Waals surface area contributed by atoms with E-state index in [-0.39, 0.29) is 0 Å². The third-order valence-electron chi connectivity index (χ3n) is 7.24. The van der Waals surface area contributed by atoms with E-state index in [1.165, 1.54) is 33.0 Å². The van der Waals surface area contributed by atoms with Crippen molar-refractivity contribution in [1.82, 2.24) is 9.97 Å². The molecule has 0 spiro atoms. The molecule has 0 amide bonds. The molecule has 0 bridgehead atoms. The van der Waals surface area contributed by atoms with Gasteiger partial charge in [0.05, 0.1) is 0 Å². The summed E-state index contributed by atoms with van der Waals surface area (Å²) in [6.45, 7) is 0. The number of benzene rings is 5. The molecule has 0 unspecified atom stereocenters. The predicted molar refractivity (Wildman–Crippen MR) is 161 cm³/mol. The molecular formula is C34H26N4. The Balaban J connectivity index is 1.16. The Bertz CT molecular complexity index is 1760. The molecule has 0 aliphatic carbocycles. The van der Waals surface area contributed by atoms with Crippen LogP contribution in [0.1, 0.15) is 0 Å². The van der Waals surface area contributed by atoms with Crippen molar-refractivity contribution < 1.29 is 0 Å². The zero-order chi connectivity index (χ0) is 25.6. The summed E-state index contributed by atoms with van der Waals surface area (Å²) in [7, 11) is 0. The molecule has 0 atom stereocenters. The topological polar surface area (TPSA) is 83.6 Å². The molecule has 2 heterocycles. The van der Waals surface area contributed by atoms with Gasteiger partial charge in [-0.3, -0.25) is 0 Å². The number of rotatable bonds is 4. The number of fused-ring (bicyclic) bond motifs is 2. The van der Waals surface area contributed by atoms with E-state index in [4.69, 9.17) is 11.5 Å². The molecule has 0 aliphatic heterocycles. The lowest BCUT2D eigenvalue weighted by Gasteiger charge is -2.06. The first-order chi connectivity index (χ1) is 18.6. The maximum atomic E-state index is 5.85. The van der Waals surface area contributed by atoms with Gasteiger partial charge in [0.2, 0.25) is 0 Å². The molecule has 0 radical (unpaired) electrons. The van der Waals surface area contributed by atoms with Crippen molar-refractivity contribution in [1.29, 1.82) is 0 Å². The molecule has 2 aromatic heterocycles. The number of nitrogens with one attached hydrogen (secondary N) is 2. The van der Waals surface area contributed by atoms with Crippen molar-refractivity contribution >= 4 is 33.2 Å². The average Bonchev–Trinajstić information content (AvgIpc) is 3.57. The van der Waals surface area contributed by atoms with Gasteiger partial charge in [-0.2, -0.15) is 0 Å². The number of nitrogen functional groups attached to an aromatic ring is 2. The molecule has 0 fully saturated rings. The minimum Gasteiger partial charge on any atom is -0.399 e. The molecule has 0 aliphatic rings. The van der Waals surface area contributed by atoms with Crippen LogP contribution in [0.5, 0.6) is 0 Å². The largest absolute Gasteiger partial charge is 0.399 e. The first-order valence-electron chi connectivity index (χ1n) is 12.7. The van der Waals surface area contributed by atoms with Gasteiger partial charge in [-0.05, 0) is 81.9 Å². The fourth-order valence-corrected chi connectivity index (χ4v) is 5.10. The number of aromatic nitrogens is 2. The van der Waals surface area contributed by atoms with Crippen molar-refractivity contribution in [3.8, 4) is 44.8 Å². The van der Waals surface area contributed by atoms with E-state index in [1.54, 1.807) is 0 Å². The molecule has 0 saturated carbocycles. The van der Waals surface area contributed by atoms with Crippen molar-refractivity contribution in [3.63, 3.8) is 0 Å². The molecule has 4 heteroatoms. The minimum absolute atomic E-state index is 0.770. The zero-order valence-corrected chi connectivity index (χ0v) is 20.7. The molecule has 7 aromatic rings. The lowest BCUT2D eigenvalue weighted by molar-refractivity contribution is 1.45. The monoisotopic (exact) mass is 490 g/mol. The Kier molecular flexibility index (Phi) is 5.05. The fourth-order valence-electron chi connectivity index (χ4n) is 5.10. The maximum absolute atomic E-state index is 5.85. The van der Waals surface area contributed by atoms with E-state index in [1.807, 2.05) is 48.5 Å². The number of nitrogens with two attached hydrogens (primary N) is 2. The summed E-state index contributed by atoms with van der Waals surface area (Å²) >= 11 is 0. The first-order valence-corrected chi connectivity index (χ1v) is 12.7. The van der Waals surface area contributed by atoms with Crippen LogP contribution in [0.15, 0.2) is 121 Å². The Morgan fingerprint density at radius 2 is 0.684 bits per heavy atom. The van der Waals surface area contributed by atoms with E-state index in [9.17, 15) is 0 Å². The number of hydrogen-bond donors (Lipinski definition) is 4. The number of hydrogen-bond acceptors (Lipinski definition) is 2. The Morgan fingerprint density at radius 1 is 0.342 bits per heavy atom. The van der Waals surface area contributed by atoms with Gasteiger partial charge in [0, 0.05) is 44.6 Å². The third-order valence-corrected chi connectivity index (χ3v) is 7.24. The van der Waals surface area contributed by atoms with Crippen molar-refractivity contribution in [2.45, 2.75) is 0 Å². The molecule has 6 N–H and O–H groups in total. The van der Waals surface area contributed by atoms with E-state index in [2.05, 4.69) is 82.8 Å². The van der Waals surface area contributed by atoms with Crippen LogP contribution in [0.3, 0.4) is 0 Å². The second-order valence-corrected chi connectivity index (χ2v) is 9.79. The Labute approximate surface area is 220 Å². The maximum Gasteiger partial charge on any atom is 0.0465 e. The standard InChI is InChI=1S/C34H26N4/c35-29-13-9-23(10-14-29)31-19-27-7-5-25(17-33(27)37-31)21-1-2-22(4-3-21)26-6-8-28-20-32(38-34(28)18-26)24-11-15-30(36)16-12-24/h1-20,37-38H,35-36H2. The van der Waals surface area contributed by atoms with E-state index in [0.29, 0.717) is 0 Å². The van der Waals surface area contributed by atoms with Gasteiger partial charge >= 0.3 is 0 Å². The highest BCUT2D eigenvalue weighted by atomic mass is 14.7. The molecule has 0 saturated heterocycles. The van der Waals surface area contributed by atoms with E-state index >= 15 is 0 Å². The predicted octanol–water partition coefficient (Wildman–Crippen LogP) is 8.48. The summed E-state index contributed by atoms with van der Waals surface area (Å²) in [6, 6.07) is 42.2. The van der Waals surface area contributed by atoms with E-state index in [0.717, 1.165) is 44.9 Å². The quantitative estimate of drug-likeness (QED) is 0.187. The SMILES string of the molecule is Nc1ccc(-c2cc3ccc(-c4ccc(-c5ccc6cc(-c7ccc(N)cc7)[nH]c6c5)cc4)cc3[nH]2)cc1. The summed E-state index contributed by atoms with van der Waals surface area (Å²) < 4.78 is 0. The van der Waals surface area contributed by atoms with Crippen LogP contribution >= 0.6 is 0 Å². The lowest BCUT2D eigenvalue weighted by Crippen LogP contribution is -1.84. The average molecular weight is 491 g/mol. The summed E-state index contributed by atoms with van der Waals surface area (Å²) in [5.41, 5.74) is 24.6. The molecule has 4 nitrogen and oxygen atoms in total. The van der Waals surface area contributed by atoms with Gasteiger partial charge in [0.1, 0.15) is 0 Å². The minimum atomic E-state index is 0.770. The number of anilines is 2. The Morgan fingerprint density at radius 3 is 1.08 bits per heavy atom. The summed E-state index contributed by atoms with van der Waals surface area (Å²) in [5.74, 6) is 0. The lowest BCUT2D eigenvalue weighted by atomic mass is 9.99. The fraction of sp³-hybridized carbons (Fsp3) is 0. The van der Waals surface area contributed by atoms with Crippen LogP contribution in [-0.2, 0) is 0 Å². The van der Waals surface area contributed by atoms with Crippen LogP contribution in [0, 0.1) is 0 Å². The Hall–Kier alpha value is -5.22. The van der Waals surface area contributed by atoms with Crippen molar-refractivity contribution in [2.75, 3.05) is 11.5 Å². The summed E-state index contributed by atoms with van der Waals surface area (Å²) in [4.78, 5) is 7.12. The van der Waals surface area contributed by atoms with Crippen LogP contribution in [-0.4, -0.2) is 9.97 Å². The number of aromatic amines is 2. The van der Waals surface area contributed by atoms with Crippen molar-refractivity contribution in [3.05, 3.63) is 121 Å². The van der Waals surface area contributed by atoms with Gasteiger partial charge in [-0.1, -0.05) is 72.8 Å². The molecule has 38 heavy (non-hydrogen) atoms. The normalized spacial score (nSPS) is 11.4. The highest BCUT2D eigenvalue weighted by molar-refractivity contribution is 5.91. The molecule has 5 aromatic carbocycles. The third kappa shape index (κ3) is 3.98. The van der Waals surface area contributed by atoms with Crippen LogP contribution in [0.2, 0.25) is 0 Å². The number of H-pyrrole nitrogens is 2. The van der Waals surface area contributed by atoms with Gasteiger partial charge < -0.3 is 21.4 Å². The second kappa shape index (κ2) is 8.71. The van der Waals surface area contributed by atoms with Gasteiger partial charge in [0.15, 0.2) is 0 Å². The van der Waals surface area contributed by atoms with Gasteiger partial charge in [0.25, 0.3) is 0 Å². The molecule has 182 valence electrons. The second-order valence-electron chi connectivity index (χ2n) is 9.79. The highest BCUT2D eigenvalue weighted by Gasteiger charge is 2.08.